The van der Waals surface area contributed by atoms with E-state index < -0.39 is 5.97 Å². The van der Waals surface area contributed by atoms with Crippen LogP contribution in [0.5, 0.6) is 0 Å². The van der Waals surface area contributed by atoms with E-state index in [2.05, 4.69) is 24.0 Å². The lowest BCUT2D eigenvalue weighted by molar-refractivity contribution is -0.137. The van der Waals surface area contributed by atoms with E-state index in [-0.39, 0.29) is 12.3 Å². The summed E-state index contributed by atoms with van der Waals surface area (Å²) in [6.45, 7) is 6.48. The van der Waals surface area contributed by atoms with Crippen LogP contribution < -0.4 is 0 Å². The third-order valence-corrected chi connectivity index (χ3v) is 4.61. The SMILES string of the molecule is CC(CC(=O)O)Cc1nc(C2CCC(C(C)C)CC2)no1. The second kappa shape index (κ2) is 7.05. The Morgan fingerprint density at radius 3 is 2.52 bits per heavy atom. The van der Waals surface area contributed by atoms with Gasteiger partial charge >= 0.3 is 5.97 Å². The molecule has 1 aliphatic rings. The predicted octanol–water partition coefficient (Wildman–Crippen LogP) is 3.65. The van der Waals surface area contributed by atoms with Gasteiger partial charge in [-0.15, -0.1) is 0 Å². The monoisotopic (exact) mass is 294 g/mol. The molecule has 118 valence electrons. The first-order valence-corrected chi connectivity index (χ1v) is 8.00. The Hall–Kier alpha value is -1.39. The number of carboxylic acid groups (broad SMARTS) is 1. The maximum atomic E-state index is 10.7. The van der Waals surface area contributed by atoms with E-state index in [1.54, 1.807) is 0 Å². The Bertz CT molecular complexity index is 462. The maximum Gasteiger partial charge on any atom is 0.303 e. The summed E-state index contributed by atoms with van der Waals surface area (Å²) in [5, 5.41) is 12.9. The molecule has 1 aromatic rings. The zero-order valence-electron chi connectivity index (χ0n) is 13.2. The summed E-state index contributed by atoms with van der Waals surface area (Å²) in [7, 11) is 0. The van der Waals surface area contributed by atoms with Crippen LogP contribution in [0.3, 0.4) is 0 Å². The van der Waals surface area contributed by atoms with Crippen molar-refractivity contribution >= 4 is 5.97 Å². The van der Waals surface area contributed by atoms with Crippen molar-refractivity contribution in [3.8, 4) is 0 Å². The van der Waals surface area contributed by atoms with Crippen LogP contribution in [0, 0.1) is 17.8 Å². The van der Waals surface area contributed by atoms with Gasteiger partial charge in [-0.2, -0.15) is 4.98 Å². The van der Waals surface area contributed by atoms with Crippen LogP contribution in [0.2, 0.25) is 0 Å². The van der Waals surface area contributed by atoms with Gasteiger partial charge in [0.05, 0.1) is 0 Å². The molecule has 0 bridgehead atoms. The van der Waals surface area contributed by atoms with Gasteiger partial charge in [0.25, 0.3) is 0 Å². The molecule has 0 saturated heterocycles. The van der Waals surface area contributed by atoms with Gasteiger partial charge in [0.1, 0.15) is 0 Å². The Kier molecular flexibility index (Phi) is 5.37. The Morgan fingerprint density at radius 1 is 1.29 bits per heavy atom. The number of aliphatic carboxylic acids is 1. The minimum absolute atomic E-state index is 0.0208. The highest BCUT2D eigenvalue weighted by molar-refractivity contribution is 5.66. The van der Waals surface area contributed by atoms with E-state index >= 15 is 0 Å². The van der Waals surface area contributed by atoms with Gasteiger partial charge in [-0.25, -0.2) is 0 Å². The van der Waals surface area contributed by atoms with Crippen molar-refractivity contribution in [1.29, 1.82) is 0 Å². The van der Waals surface area contributed by atoms with Crippen molar-refractivity contribution in [1.82, 2.24) is 10.1 Å². The van der Waals surface area contributed by atoms with E-state index in [1.807, 2.05) is 6.92 Å². The minimum atomic E-state index is -0.783. The first-order valence-electron chi connectivity index (χ1n) is 8.00. The van der Waals surface area contributed by atoms with Crippen molar-refractivity contribution in [2.75, 3.05) is 0 Å². The molecule has 2 rings (SSSR count). The topological polar surface area (TPSA) is 76.2 Å². The van der Waals surface area contributed by atoms with Crippen molar-refractivity contribution in [3.63, 3.8) is 0 Å². The molecule has 1 aromatic heterocycles. The summed E-state index contributed by atoms with van der Waals surface area (Å²) < 4.78 is 5.29. The zero-order chi connectivity index (χ0) is 15.4. The number of hydrogen-bond acceptors (Lipinski definition) is 4. The summed E-state index contributed by atoms with van der Waals surface area (Å²) in [6, 6.07) is 0. The van der Waals surface area contributed by atoms with Crippen LogP contribution >= 0.6 is 0 Å². The van der Waals surface area contributed by atoms with Crippen LogP contribution in [0.25, 0.3) is 0 Å². The normalized spacial score (nSPS) is 24.2. The quantitative estimate of drug-likeness (QED) is 0.866. The van der Waals surface area contributed by atoms with Crippen LogP contribution in [0.1, 0.15) is 70.5 Å². The molecule has 1 heterocycles. The first kappa shape index (κ1) is 16.0. The summed E-state index contributed by atoms with van der Waals surface area (Å²) in [5.74, 6) is 2.61. The highest BCUT2D eigenvalue weighted by Gasteiger charge is 2.27. The van der Waals surface area contributed by atoms with Gasteiger partial charge in [0.2, 0.25) is 5.89 Å². The molecule has 1 atom stereocenters. The maximum absolute atomic E-state index is 10.7. The van der Waals surface area contributed by atoms with E-state index in [0.717, 1.165) is 30.5 Å². The largest absolute Gasteiger partial charge is 0.481 e. The lowest BCUT2D eigenvalue weighted by Gasteiger charge is -2.29. The molecule has 5 nitrogen and oxygen atoms in total. The molecule has 1 saturated carbocycles. The molecule has 1 aliphatic carbocycles. The van der Waals surface area contributed by atoms with E-state index in [0.29, 0.717) is 18.2 Å². The molecule has 0 radical (unpaired) electrons. The summed E-state index contributed by atoms with van der Waals surface area (Å²) >= 11 is 0. The summed E-state index contributed by atoms with van der Waals surface area (Å²) in [5.41, 5.74) is 0. The standard InChI is InChI=1S/C16H26N2O3/c1-10(2)12-4-6-13(7-5-12)16-17-14(21-18-16)8-11(3)9-15(19)20/h10-13H,4-9H2,1-3H3,(H,19,20). The molecule has 0 spiro atoms. The van der Waals surface area contributed by atoms with Crippen LogP contribution in [-0.2, 0) is 11.2 Å². The number of hydrogen-bond donors (Lipinski definition) is 1. The third-order valence-electron chi connectivity index (χ3n) is 4.61. The number of aromatic nitrogens is 2. The van der Waals surface area contributed by atoms with Gasteiger partial charge in [0, 0.05) is 18.8 Å². The highest BCUT2D eigenvalue weighted by Crippen LogP contribution is 2.37. The van der Waals surface area contributed by atoms with Crippen molar-refractivity contribution < 1.29 is 14.4 Å². The summed E-state index contributed by atoms with van der Waals surface area (Å²) in [6.07, 6.45) is 5.42. The van der Waals surface area contributed by atoms with Crippen LogP contribution in [0.15, 0.2) is 4.52 Å². The molecular formula is C16H26N2O3. The van der Waals surface area contributed by atoms with Crippen molar-refractivity contribution in [2.45, 2.75) is 65.2 Å². The fourth-order valence-electron chi connectivity index (χ4n) is 3.23. The van der Waals surface area contributed by atoms with Crippen molar-refractivity contribution in [3.05, 3.63) is 11.7 Å². The molecule has 1 fully saturated rings. The Morgan fingerprint density at radius 2 is 1.95 bits per heavy atom. The minimum Gasteiger partial charge on any atom is -0.481 e. The first-order chi connectivity index (χ1) is 9.95. The molecule has 0 amide bonds. The number of nitrogens with zero attached hydrogens (tertiary/aromatic N) is 2. The smallest absolute Gasteiger partial charge is 0.303 e. The van der Waals surface area contributed by atoms with Gasteiger partial charge in [-0.3, -0.25) is 4.79 Å². The average Bonchev–Trinajstić information content (AvgIpc) is 2.86. The van der Waals surface area contributed by atoms with Crippen LogP contribution in [0.4, 0.5) is 0 Å². The predicted molar refractivity (Wildman–Crippen MR) is 79.0 cm³/mol. The van der Waals surface area contributed by atoms with Gasteiger partial charge in [-0.1, -0.05) is 25.9 Å². The Balaban J connectivity index is 1.87. The molecule has 0 aromatic carbocycles. The summed E-state index contributed by atoms with van der Waals surface area (Å²) in [4.78, 5) is 15.2. The van der Waals surface area contributed by atoms with E-state index in [4.69, 9.17) is 9.63 Å². The molecular weight excluding hydrogens is 268 g/mol. The second-order valence-electron chi connectivity index (χ2n) is 6.81. The fraction of sp³-hybridized carbons (Fsp3) is 0.812. The average molecular weight is 294 g/mol. The molecule has 21 heavy (non-hydrogen) atoms. The Labute approximate surface area is 126 Å². The number of carbonyl (C=O) groups is 1. The second-order valence-corrected chi connectivity index (χ2v) is 6.81. The molecule has 1 N–H and O–H groups in total. The number of rotatable bonds is 6. The lowest BCUT2D eigenvalue weighted by Crippen LogP contribution is -2.18. The molecule has 5 heteroatoms. The zero-order valence-corrected chi connectivity index (χ0v) is 13.2. The lowest BCUT2D eigenvalue weighted by atomic mass is 9.77. The highest BCUT2D eigenvalue weighted by atomic mass is 16.5. The van der Waals surface area contributed by atoms with Crippen LogP contribution in [-0.4, -0.2) is 21.2 Å². The molecule has 0 aliphatic heterocycles. The fourth-order valence-corrected chi connectivity index (χ4v) is 3.23. The van der Waals surface area contributed by atoms with Gasteiger partial charge in [-0.05, 0) is 43.4 Å². The molecule has 1 unspecified atom stereocenters. The third kappa shape index (κ3) is 4.55. The van der Waals surface area contributed by atoms with Gasteiger partial charge in [0.15, 0.2) is 5.82 Å². The number of carboxylic acids is 1. The van der Waals surface area contributed by atoms with E-state index in [1.165, 1.54) is 12.8 Å². The van der Waals surface area contributed by atoms with Crippen molar-refractivity contribution in [2.24, 2.45) is 17.8 Å². The van der Waals surface area contributed by atoms with Gasteiger partial charge < -0.3 is 9.63 Å². The van der Waals surface area contributed by atoms with E-state index in [9.17, 15) is 4.79 Å².